The van der Waals surface area contributed by atoms with E-state index in [2.05, 4.69) is 30.9 Å². The van der Waals surface area contributed by atoms with Crippen LogP contribution in [-0.2, 0) is 27.2 Å². The number of hydrogen-bond donors (Lipinski definition) is 5. The largest absolute Gasteiger partial charge is 0.478 e. The van der Waals surface area contributed by atoms with E-state index < -0.39 is 47.7 Å². The lowest BCUT2D eigenvalue weighted by atomic mass is 9.83. The molecule has 5 N–H and O–H groups in total. The van der Waals surface area contributed by atoms with Crippen LogP contribution in [0.15, 0.2) is 67.3 Å². The summed E-state index contributed by atoms with van der Waals surface area (Å²) in [6.07, 6.45) is 9.81. The number of aromatic amines is 1. The number of alkyl carbamates (subject to hydrolysis) is 1. The molecule has 48 heavy (non-hydrogen) atoms. The molecule has 260 valence electrons. The second-order valence-electron chi connectivity index (χ2n) is 13.5. The highest BCUT2D eigenvalue weighted by Gasteiger charge is 2.32. The number of rotatable bonds is 16. The molecule has 1 aliphatic rings. The van der Waals surface area contributed by atoms with Gasteiger partial charge >= 0.3 is 6.09 Å². The summed E-state index contributed by atoms with van der Waals surface area (Å²) in [6.45, 7) is 5.45. The molecule has 12 nitrogen and oxygen atoms in total. The molecule has 2 unspecified atom stereocenters. The van der Waals surface area contributed by atoms with E-state index in [4.69, 9.17) is 9.47 Å². The van der Waals surface area contributed by atoms with Crippen LogP contribution >= 0.6 is 0 Å². The van der Waals surface area contributed by atoms with E-state index in [1.54, 1.807) is 45.3 Å². The first-order valence-corrected chi connectivity index (χ1v) is 16.9. The standard InChI is InChI=1S/C36H50N6O6/c1-36(2,3)48-35(46)42-29(21-26-14-8-5-9-15-26)33(44)41-30(22-27-23-37-24-39-27)34(45)40-28(20-25-12-6-4-7-13-25)31(43)17-19-47-32-16-10-11-18-38-32/h5,8-11,14-16,18,23-25,28-31,43H,4,6-7,12-13,17,19-22H2,1-3H3,(H,37,39)(H,40,45)(H,41,44)(H,42,46)/t28?,29-,30-,31?/m0/s1. The van der Waals surface area contributed by atoms with Crippen LogP contribution in [0, 0.1) is 5.92 Å². The van der Waals surface area contributed by atoms with Gasteiger partial charge in [0.1, 0.15) is 17.7 Å². The third kappa shape index (κ3) is 12.6. The van der Waals surface area contributed by atoms with Gasteiger partial charge in [-0.3, -0.25) is 9.59 Å². The molecule has 0 radical (unpaired) electrons. The number of H-pyrrole nitrogens is 1. The van der Waals surface area contributed by atoms with Gasteiger partial charge in [0, 0.05) is 43.4 Å². The first kappa shape index (κ1) is 36.4. The fourth-order valence-electron chi connectivity index (χ4n) is 5.90. The highest BCUT2D eigenvalue weighted by Crippen LogP contribution is 2.28. The number of nitrogens with one attached hydrogen (secondary N) is 4. The zero-order valence-corrected chi connectivity index (χ0v) is 28.2. The fraction of sp³-hybridized carbons (Fsp3) is 0.528. The van der Waals surface area contributed by atoms with Gasteiger partial charge in [0.15, 0.2) is 0 Å². The predicted octanol–water partition coefficient (Wildman–Crippen LogP) is 4.25. The second kappa shape index (κ2) is 18.2. The van der Waals surface area contributed by atoms with Crippen LogP contribution in [0.4, 0.5) is 4.79 Å². The number of ether oxygens (including phenoxy) is 2. The van der Waals surface area contributed by atoms with E-state index in [1.165, 1.54) is 12.7 Å². The lowest BCUT2D eigenvalue weighted by molar-refractivity contribution is -0.131. The summed E-state index contributed by atoms with van der Waals surface area (Å²) in [4.78, 5) is 51.9. The molecule has 0 spiro atoms. The number of carbonyl (C=O) groups excluding carboxylic acids is 3. The molecule has 2 aromatic heterocycles. The molecule has 4 rings (SSSR count). The van der Waals surface area contributed by atoms with E-state index in [0.717, 1.165) is 31.2 Å². The Morgan fingerprint density at radius 2 is 1.65 bits per heavy atom. The number of aliphatic hydroxyl groups excluding tert-OH is 1. The lowest BCUT2D eigenvalue weighted by Gasteiger charge is -2.32. The van der Waals surface area contributed by atoms with Crippen molar-refractivity contribution in [3.8, 4) is 5.88 Å². The second-order valence-corrected chi connectivity index (χ2v) is 13.5. The molecule has 12 heteroatoms. The van der Waals surface area contributed by atoms with Crippen LogP contribution in [0.25, 0.3) is 0 Å². The van der Waals surface area contributed by atoms with Crippen molar-refractivity contribution in [2.45, 2.75) is 108 Å². The number of pyridine rings is 1. The number of hydrogen-bond acceptors (Lipinski definition) is 8. The highest BCUT2D eigenvalue weighted by molar-refractivity contribution is 5.91. The minimum Gasteiger partial charge on any atom is -0.478 e. The number of aliphatic hydroxyl groups is 1. The summed E-state index contributed by atoms with van der Waals surface area (Å²) in [7, 11) is 0. The fourth-order valence-corrected chi connectivity index (χ4v) is 5.90. The van der Waals surface area contributed by atoms with Crippen LogP contribution in [-0.4, -0.2) is 74.4 Å². The molecule has 3 amide bonds. The average Bonchev–Trinajstić information content (AvgIpc) is 3.57. The van der Waals surface area contributed by atoms with Crippen LogP contribution in [0.2, 0.25) is 0 Å². The Bertz CT molecular complexity index is 1390. The van der Waals surface area contributed by atoms with E-state index in [9.17, 15) is 19.5 Å². The third-order valence-corrected chi connectivity index (χ3v) is 8.31. The predicted molar refractivity (Wildman–Crippen MR) is 181 cm³/mol. The Balaban J connectivity index is 1.50. The smallest absolute Gasteiger partial charge is 0.408 e. The van der Waals surface area contributed by atoms with Gasteiger partial charge in [0.05, 0.1) is 25.1 Å². The van der Waals surface area contributed by atoms with Gasteiger partial charge in [-0.05, 0) is 44.7 Å². The van der Waals surface area contributed by atoms with Gasteiger partial charge in [0.2, 0.25) is 17.7 Å². The van der Waals surface area contributed by atoms with Crippen LogP contribution in [0.1, 0.15) is 77.0 Å². The number of amides is 3. The summed E-state index contributed by atoms with van der Waals surface area (Å²) in [6, 6.07) is 12.1. The minimum atomic E-state index is -1.03. The van der Waals surface area contributed by atoms with Gasteiger partial charge in [-0.25, -0.2) is 14.8 Å². The molecule has 1 aliphatic carbocycles. The SMILES string of the molecule is CC(C)(C)OC(=O)N[C@@H](Cc1ccccc1)C(=O)N[C@@H](Cc1cnc[nH]1)C(=O)NC(CC1CCCCC1)C(O)CCOc1ccccn1. The summed E-state index contributed by atoms with van der Waals surface area (Å²) in [5, 5.41) is 20.0. The van der Waals surface area contributed by atoms with Crippen molar-refractivity contribution in [2.75, 3.05) is 6.61 Å². The molecule has 1 saturated carbocycles. The molecule has 1 fully saturated rings. The Kier molecular flexibility index (Phi) is 13.8. The maximum atomic E-state index is 14.0. The van der Waals surface area contributed by atoms with Gasteiger partial charge in [-0.2, -0.15) is 0 Å². The molecule has 1 aromatic carbocycles. The average molecular weight is 663 g/mol. The maximum absolute atomic E-state index is 14.0. The van der Waals surface area contributed by atoms with Crippen molar-refractivity contribution in [1.82, 2.24) is 30.9 Å². The van der Waals surface area contributed by atoms with Crippen LogP contribution in [0.3, 0.4) is 0 Å². The molecule has 2 heterocycles. The number of imidazole rings is 1. The van der Waals surface area contributed by atoms with E-state index in [-0.39, 0.29) is 25.9 Å². The summed E-state index contributed by atoms with van der Waals surface area (Å²) in [5.74, 6) is -0.161. The zero-order chi connectivity index (χ0) is 34.4. The summed E-state index contributed by atoms with van der Waals surface area (Å²) < 4.78 is 11.2. The van der Waals surface area contributed by atoms with Crippen molar-refractivity contribution in [3.05, 3.63) is 78.5 Å². The first-order chi connectivity index (χ1) is 23.1. The van der Waals surface area contributed by atoms with E-state index in [0.29, 0.717) is 23.9 Å². The van der Waals surface area contributed by atoms with Crippen molar-refractivity contribution < 1.29 is 29.0 Å². The molecule has 0 bridgehead atoms. The Morgan fingerprint density at radius 3 is 2.31 bits per heavy atom. The molecular formula is C36H50N6O6. The molecule has 0 saturated heterocycles. The summed E-state index contributed by atoms with van der Waals surface area (Å²) in [5.41, 5.74) is 0.702. The normalized spacial score (nSPS) is 16.2. The monoisotopic (exact) mass is 662 g/mol. The minimum absolute atomic E-state index is 0.122. The lowest BCUT2D eigenvalue weighted by Crippen LogP contribution is -2.57. The van der Waals surface area contributed by atoms with Gasteiger partial charge < -0.3 is 35.5 Å². The molecular weight excluding hydrogens is 612 g/mol. The van der Waals surface area contributed by atoms with Gasteiger partial charge in [-0.1, -0.05) is 68.5 Å². The number of benzene rings is 1. The third-order valence-electron chi connectivity index (χ3n) is 8.31. The van der Waals surface area contributed by atoms with Crippen molar-refractivity contribution in [2.24, 2.45) is 5.92 Å². The molecule has 0 aliphatic heterocycles. The first-order valence-electron chi connectivity index (χ1n) is 16.9. The summed E-state index contributed by atoms with van der Waals surface area (Å²) >= 11 is 0. The Morgan fingerprint density at radius 1 is 0.938 bits per heavy atom. The highest BCUT2D eigenvalue weighted by atomic mass is 16.6. The number of aromatic nitrogens is 3. The Hall–Kier alpha value is -4.45. The van der Waals surface area contributed by atoms with E-state index >= 15 is 0 Å². The van der Waals surface area contributed by atoms with Gasteiger partial charge in [-0.15, -0.1) is 0 Å². The Labute approximate surface area is 282 Å². The maximum Gasteiger partial charge on any atom is 0.408 e. The van der Waals surface area contributed by atoms with Crippen molar-refractivity contribution >= 4 is 17.9 Å². The van der Waals surface area contributed by atoms with Gasteiger partial charge in [0.25, 0.3) is 0 Å². The number of carbonyl (C=O) groups is 3. The van der Waals surface area contributed by atoms with E-state index in [1.807, 2.05) is 36.4 Å². The number of nitrogens with zero attached hydrogens (tertiary/aromatic N) is 2. The topological polar surface area (TPSA) is 168 Å². The van der Waals surface area contributed by atoms with Crippen LogP contribution < -0.4 is 20.7 Å². The molecule has 3 aromatic rings. The van der Waals surface area contributed by atoms with Crippen molar-refractivity contribution in [1.29, 1.82) is 0 Å². The zero-order valence-electron chi connectivity index (χ0n) is 28.2. The van der Waals surface area contributed by atoms with Crippen molar-refractivity contribution in [3.63, 3.8) is 0 Å². The quantitative estimate of drug-likeness (QED) is 0.152. The van der Waals surface area contributed by atoms with Crippen LogP contribution in [0.5, 0.6) is 5.88 Å². The molecule has 4 atom stereocenters.